The van der Waals surface area contributed by atoms with E-state index in [9.17, 15) is 0 Å². The number of rotatable bonds is 5. The molecule has 20 heavy (non-hydrogen) atoms. The zero-order chi connectivity index (χ0) is 14.4. The van der Waals surface area contributed by atoms with Crippen molar-refractivity contribution in [2.24, 2.45) is 5.73 Å². The van der Waals surface area contributed by atoms with Crippen LogP contribution >= 0.6 is 0 Å². The number of pyridine rings is 1. The smallest absolute Gasteiger partial charge is 0.148 e. The number of hydrogen-bond donors (Lipinski definition) is 2. The average Bonchev–Trinajstić information content (AvgIpc) is 2.47. The number of hydrogen-bond acceptors (Lipinski definition) is 5. The topological polar surface area (TPSA) is 84.0 Å². The Morgan fingerprint density at radius 2 is 2.00 bits per heavy atom. The maximum absolute atomic E-state index is 9.07. The van der Waals surface area contributed by atoms with E-state index >= 15 is 0 Å². The van der Waals surface area contributed by atoms with Crippen LogP contribution in [-0.2, 0) is 0 Å². The first-order valence-electron chi connectivity index (χ1n) is 6.30. The first kappa shape index (κ1) is 13.8. The van der Waals surface area contributed by atoms with Gasteiger partial charge in [0.2, 0.25) is 0 Å². The van der Waals surface area contributed by atoms with Crippen LogP contribution in [0, 0.1) is 18.3 Å². The second-order valence-electron chi connectivity index (χ2n) is 4.25. The van der Waals surface area contributed by atoms with Gasteiger partial charge in [0.15, 0.2) is 0 Å². The van der Waals surface area contributed by atoms with E-state index in [1.165, 1.54) is 0 Å². The fourth-order valence-corrected chi connectivity index (χ4v) is 1.69. The van der Waals surface area contributed by atoms with Gasteiger partial charge in [0.1, 0.15) is 24.2 Å². The number of nitrogens with two attached hydrogens (primary N) is 1. The molecule has 2 aromatic rings. The molecular formula is C15H16N4O. The number of benzene rings is 1. The monoisotopic (exact) mass is 268 g/mol. The van der Waals surface area contributed by atoms with Crippen LogP contribution in [0.25, 0.3) is 0 Å². The molecule has 5 heteroatoms. The summed E-state index contributed by atoms with van der Waals surface area (Å²) in [4.78, 5) is 4.33. The lowest BCUT2D eigenvalue weighted by molar-refractivity contribution is 0.328. The van der Waals surface area contributed by atoms with Crippen LogP contribution in [-0.4, -0.2) is 18.1 Å². The number of aryl methyl sites for hydroxylation is 1. The Labute approximate surface area is 118 Å². The molecule has 2 rings (SSSR count). The van der Waals surface area contributed by atoms with E-state index < -0.39 is 0 Å². The van der Waals surface area contributed by atoms with E-state index in [4.69, 9.17) is 15.7 Å². The van der Waals surface area contributed by atoms with Crippen molar-refractivity contribution in [2.75, 3.05) is 18.5 Å². The van der Waals surface area contributed by atoms with Crippen molar-refractivity contribution in [3.63, 3.8) is 0 Å². The minimum atomic E-state index is 0.485. The van der Waals surface area contributed by atoms with Crippen molar-refractivity contribution in [1.29, 1.82) is 5.26 Å². The van der Waals surface area contributed by atoms with Crippen LogP contribution in [0.3, 0.4) is 0 Å². The highest BCUT2D eigenvalue weighted by atomic mass is 16.5. The number of aromatic nitrogens is 1. The molecule has 0 saturated heterocycles. The Bertz CT molecular complexity index is 617. The van der Waals surface area contributed by atoms with E-state index in [2.05, 4.69) is 16.4 Å². The number of ether oxygens (including phenoxy) is 1. The summed E-state index contributed by atoms with van der Waals surface area (Å²) in [6.07, 6.45) is 0. The van der Waals surface area contributed by atoms with Gasteiger partial charge in [-0.2, -0.15) is 5.26 Å². The van der Waals surface area contributed by atoms with Gasteiger partial charge in [-0.1, -0.05) is 0 Å². The Kier molecular flexibility index (Phi) is 4.53. The molecular weight excluding hydrogens is 252 g/mol. The predicted molar refractivity (Wildman–Crippen MR) is 78.0 cm³/mol. The van der Waals surface area contributed by atoms with Crippen LogP contribution in [0.5, 0.6) is 5.75 Å². The maximum Gasteiger partial charge on any atom is 0.148 e. The largest absolute Gasteiger partial charge is 0.492 e. The zero-order valence-corrected chi connectivity index (χ0v) is 11.3. The van der Waals surface area contributed by atoms with Crippen molar-refractivity contribution in [1.82, 2.24) is 4.98 Å². The molecule has 1 aromatic carbocycles. The highest BCUT2D eigenvalue weighted by Crippen LogP contribution is 2.21. The lowest BCUT2D eigenvalue weighted by Gasteiger charge is -2.09. The maximum atomic E-state index is 9.07. The summed E-state index contributed by atoms with van der Waals surface area (Å²) in [6.45, 7) is 2.86. The van der Waals surface area contributed by atoms with Crippen LogP contribution in [0.2, 0.25) is 0 Å². The van der Waals surface area contributed by atoms with Crippen molar-refractivity contribution in [3.05, 3.63) is 47.7 Å². The Morgan fingerprint density at radius 3 is 2.65 bits per heavy atom. The van der Waals surface area contributed by atoms with Crippen LogP contribution in [0.4, 0.5) is 11.5 Å². The third kappa shape index (κ3) is 3.46. The summed E-state index contributed by atoms with van der Waals surface area (Å²) in [5.74, 6) is 1.32. The number of nitriles is 1. The molecule has 0 unspecified atom stereocenters. The molecule has 0 aliphatic rings. The van der Waals surface area contributed by atoms with Gasteiger partial charge < -0.3 is 15.8 Å². The summed E-state index contributed by atoms with van der Waals surface area (Å²) in [5.41, 5.74) is 7.59. The van der Waals surface area contributed by atoms with E-state index in [0.717, 1.165) is 17.1 Å². The first-order valence-corrected chi connectivity index (χ1v) is 6.30. The lowest BCUT2D eigenvalue weighted by Crippen LogP contribution is -2.10. The van der Waals surface area contributed by atoms with Crippen molar-refractivity contribution < 1.29 is 4.74 Å². The molecule has 0 saturated carbocycles. The van der Waals surface area contributed by atoms with Crippen molar-refractivity contribution >= 4 is 11.5 Å². The molecule has 1 heterocycles. The molecule has 0 radical (unpaired) electrons. The second-order valence-corrected chi connectivity index (χ2v) is 4.25. The molecule has 0 bridgehead atoms. The molecule has 3 N–H and O–H groups in total. The van der Waals surface area contributed by atoms with E-state index in [-0.39, 0.29) is 0 Å². The third-order valence-electron chi connectivity index (χ3n) is 2.66. The number of anilines is 2. The van der Waals surface area contributed by atoms with E-state index in [0.29, 0.717) is 24.5 Å². The number of nitrogens with one attached hydrogen (secondary N) is 1. The normalized spacial score (nSPS) is 9.85. The first-order chi connectivity index (χ1) is 9.72. The minimum absolute atomic E-state index is 0.485. The standard InChI is InChI=1S/C15H16N4O/c1-11-2-3-12(10-17)15(18-11)19-13-4-6-14(7-5-13)20-9-8-16/h2-7H,8-9,16H2,1H3,(H,18,19). The highest BCUT2D eigenvalue weighted by Gasteiger charge is 2.04. The summed E-state index contributed by atoms with van der Waals surface area (Å²) in [7, 11) is 0. The fraction of sp³-hybridized carbons (Fsp3) is 0.200. The van der Waals surface area contributed by atoms with Crippen LogP contribution in [0.1, 0.15) is 11.3 Å². The summed E-state index contributed by atoms with van der Waals surface area (Å²) in [5, 5.41) is 12.2. The van der Waals surface area contributed by atoms with Gasteiger partial charge in [-0.15, -0.1) is 0 Å². The Hall–Kier alpha value is -2.58. The quantitative estimate of drug-likeness (QED) is 0.869. The van der Waals surface area contributed by atoms with Gasteiger partial charge in [0.05, 0.1) is 5.56 Å². The highest BCUT2D eigenvalue weighted by molar-refractivity contribution is 5.63. The fourth-order valence-electron chi connectivity index (χ4n) is 1.69. The van der Waals surface area contributed by atoms with Gasteiger partial charge in [-0.05, 0) is 43.3 Å². The van der Waals surface area contributed by atoms with Gasteiger partial charge in [0.25, 0.3) is 0 Å². The molecule has 5 nitrogen and oxygen atoms in total. The van der Waals surface area contributed by atoms with Gasteiger partial charge >= 0.3 is 0 Å². The van der Waals surface area contributed by atoms with Crippen molar-refractivity contribution in [2.45, 2.75) is 6.92 Å². The predicted octanol–water partition coefficient (Wildman–Crippen LogP) is 2.34. The zero-order valence-electron chi connectivity index (χ0n) is 11.3. The van der Waals surface area contributed by atoms with Crippen molar-refractivity contribution in [3.8, 4) is 11.8 Å². The lowest BCUT2D eigenvalue weighted by atomic mass is 10.2. The van der Waals surface area contributed by atoms with Crippen LogP contribution < -0.4 is 15.8 Å². The summed E-state index contributed by atoms with van der Waals surface area (Å²) < 4.78 is 5.40. The number of nitrogens with zero attached hydrogens (tertiary/aromatic N) is 2. The summed E-state index contributed by atoms with van der Waals surface area (Å²) in [6, 6.07) is 13.1. The molecule has 1 aromatic heterocycles. The Balaban J connectivity index is 2.14. The second kappa shape index (κ2) is 6.55. The molecule has 0 aliphatic heterocycles. The van der Waals surface area contributed by atoms with Gasteiger partial charge in [-0.25, -0.2) is 4.98 Å². The Morgan fingerprint density at radius 1 is 1.25 bits per heavy atom. The SMILES string of the molecule is Cc1ccc(C#N)c(Nc2ccc(OCCN)cc2)n1. The van der Waals surface area contributed by atoms with E-state index in [1.54, 1.807) is 6.07 Å². The van der Waals surface area contributed by atoms with Gasteiger partial charge in [-0.3, -0.25) is 0 Å². The molecule has 102 valence electrons. The van der Waals surface area contributed by atoms with Gasteiger partial charge in [0, 0.05) is 17.9 Å². The third-order valence-corrected chi connectivity index (χ3v) is 2.66. The average molecular weight is 268 g/mol. The molecule has 0 fully saturated rings. The molecule has 0 aliphatic carbocycles. The minimum Gasteiger partial charge on any atom is -0.492 e. The van der Waals surface area contributed by atoms with E-state index in [1.807, 2.05) is 37.3 Å². The summed E-state index contributed by atoms with van der Waals surface area (Å²) >= 11 is 0. The molecule has 0 spiro atoms. The molecule has 0 amide bonds. The molecule has 0 atom stereocenters. The van der Waals surface area contributed by atoms with Crippen LogP contribution in [0.15, 0.2) is 36.4 Å².